The van der Waals surface area contributed by atoms with E-state index in [0.29, 0.717) is 24.4 Å². The number of nitrogens with one attached hydrogen (secondary N) is 1. The van der Waals surface area contributed by atoms with E-state index in [0.717, 1.165) is 11.3 Å². The molecule has 0 radical (unpaired) electrons. The van der Waals surface area contributed by atoms with Gasteiger partial charge in [0, 0.05) is 6.54 Å². The van der Waals surface area contributed by atoms with Gasteiger partial charge in [0.05, 0.1) is 12.8 Å². The number of aromatic nitrogens is 1. The lowest BCUT2D eigenvalue weighted by molar-refractivity contribution is -0.129. The number of rotatable bonds is 7. The molecule has 134 valence electrons. The van der Waals surface area contributed by atoms with Crippen LogP contribution >= 0.6 is 0 Å². The zero-order valence-corrected chi connectivity index (χ0v) is 14.8. The summed E-state index contributed by atoms with van der Waals surface area (Å²) in [6.07, 6.45) is -0.239. The molecule has 0 spiro atoms. The van der Waals surface area contributed by atoms with Gasteiger partial charge in [-0.3, -0.25) is 4.79 Å². The highest BCUT2D eigenvalue weighted by molar-refractivity contribution is 5.93. The average Bonchev–Trinajstić information content (AvgIpc) is 2.94. The van der Waals surface area contributed by atoms with Crippen molar-refractivity contribution in [2.45, 2.75) is 33.3 Å². The van der Waals surface area contributed by atoms with E-state index in [4.69, 9.17) is 14.0 Å². The number of hydrogen-bond acceptors (Lipinski definition) is 6. The van der Waals surface area contributed by atoms with Crippen LogP contribution in [0.2, 0.25) is 0 Å². The minimum atomic E-state index is -0.905. The highest BCUT2D eigenvalue weighted by atomic mass is 16.5. The Morgan fingerprint density at radius 3 is 2.48 bits per heavy atom. The minimum Gasteiger partial charge on any atom is -0.497 e. The van der Waals surface area contributed by atoms with Crippen molar-refractivity contribution in [3.63, 3.8) is 0 Å². The number of carbonyl (C=O) groups is 2. The van der Waals surface area contributed by atoms with Crippen LogP contribution in [-0.2, 0) is 16.0 Å². The predicted molar refractivity (Wildman–Crippen MR) is 90.6 cm³/mol. The maximum atomic E-state index is 12.1. The Balaban J connectivity index is 1.80. The van der Waals surface area contributed by atoms with Gasteiger partial charge in [0.25, 0.3) is 5.91 Å². The molecule has 2 aromatic rings. The van der Waals surface area contributed by atoms with E-state index in [1.165, 1.54) is 6.92 Å². The minimum absolute atomic E-state index is 0.262. The first kappa shape index (κ1) is 18.5. The molecule has 0 saturated carbocycles. The third-order valence-corrected chi connectivity index (χ3v) is 3.76. The van der Waals surface area contributed by atoms with E-state index in [-0.39, 0.29) is 11.5 Å². The van der Waals surface area contributed by atoms with Gasteiger partial charge < -0.3 is 19.3 Å². The molecule has 0 fully saturated rings. The Bertz CT molecular complexity index is 717. The van der Waals surface area contributed by atoms with Crippen LogP contribution in [0.4, 0.5) is 0 Å². The van der Waals surface area contributed by atoms with Crippen LogP contribution in [0.5, 0.6) is 5.75 Å². The molecular formula is C18H22N2O5. The largest absolute Gasteiger partial charge is 0.497 e. The number of esters is 1. The van der Waals surface area contributed by atoms with Crippen LogP contribution in [0.1, 0.15) is 34.3 Å². The normalized spacial score (nSPS) is 11.7. The summed E-state index contributed by atoms with van der Waals surface area (Å²) >= 11 is 0. The standard InChI is InChI=1S/C18H22N2O5/c1-11-16(12(2)25-20-11)18(22)24-13(3)17(21)19-10-9-14-5-7-15(23-4)8-6-14/h5-8,13H,9-10H2,1-4H3,(H,19,21). The maximum Gasteiger partial charge on any atom is 0.344 e. The Kier molecular flexibility index (Phi) is 6.16. The quantitative estimate of drug-likeness (QED) is 0.773. The number of benzene rings is 1. The van der Waals surface area contributed by atoms with Crippen LogP contribution in [-0.4, -0.2) is 36.8 Å². The van der Waals surface area contributed by atoms with Gasteiger partial charge in [0.1, 0.15) is 17.1 Å². The number of amides is 1. The van der Waals surface area contributed by atoms with Gasteiger partial charge in [0.2, 0.25) is 0 Å². The van der Waals surface area contributed by atoms with E-state index in [1.807, 2.05) is 24.3 Å². The van der Waals surface area contributed by atoms with Crippen LogP contribution in [0.15, 0.2) is 28.8 Å². The predicted octanol–water partition coefficient (Wildman–Crippen LogP) is 2.20. The molecule has 7 heteroatoms. The van der Waals surface area contributed by atoms with Crippen molar-refractivity contribution >= 4 is 11.9 Å². The second-order valence-electron chi connectivity index (χ2n) is 5.64. The molecule has 0 bridgehead atoms. The molecule has 0 aliphatic heterocycles. The average molecular weight is 346 g/mol. The van der Waals surface area contributed by atoms with E-state index in [2.05, 4.69) is 10.5 Å². The fourth-order valence-corrected chi connectivity index (χ4v) is 2.31. The third-order valence-electron chi connectivity index (χ3n) is 3.76. The summed E-state index contributed by atoms with van der Waals surface area (Å²) in [7, 11) is 1.61. The molecule has 1 aromatic carbocycles. The number of aryl methyl sites for hydroxylation is 2. The third kappa shape index (κ3) is 4.82. The topological polar surface area (TPSA) is 90.7 Å². The van der Waals surface area contributed by atoms with Gasteiger partial charge in [-0.15, -0.1) is 0 Å². The number of hydrogen-bond donors (Lipinski definition) is 1. The van der Waals surface area contributed by atoms with Gasteiger partial charge in [-0.25, -0.2) is 4.79 Å². The molecule has 25 heavy (non-hydrogen) atoms. The summed E-state index contributed by atoms with van der Waals surface area (Å²) < 4.78 is 15.2. The lowest BCUT2D eigenvalue weighted by Crippen LogP contribution is -2.37. The van der Waals surface area contributed by atoms with Gasteiger partial charge in [-0.05, 0) is 44.9 Å². The molecule has 7 nitrogen and oxygen atoms in total. The first-order valence-corrected chi connectivity index (χ1v) is 7.97. The summed E-state index contributed by atoms with van der Waals surface area (Å²) in [5.74, 6) is 0.185. The Morgan fingerprint density at radius 2 is 1.92 bits per heavy atom. The fraction of sp³-hybridized carbons (Fsp3) is 0.389. The van der Waals surface area contributed by atoms with Gasteiger partial charge >= 0.3 is 5.97 Å². The van der Waals surface area contributed by atoms with Crippen molar-refractivity contribution in [3.8, 4) is 5.75 Å². The highest BCUT2D eigenvalue weighted by Gasteiger charge is 2.23. The van der Waals surface area contributed by atoms with E-state index in [1.54, 1.807) is 21.0 Å². The molecule has 1 atom stereocenters. The molecule has 0 saturated heterocycles. The van der Waals surface area contributed by atoms with Crippen molar-refractivity contribution in [1.82, 2.24) is 10.5 Å². The Hall–Kier alpha value is -2.83. The zero-order valence-electron chi connectivity index (χ0n) is 14.8. The lowest BCUT2D eigenvalue weighted by Gasteiger charge is -2.13. The molecule has 1 N–H and O–H groups in total. The number of methoxy groups -OCH3 is 1. The van der Waals surface area contributed by atoms with Crippen LogP contribution < -0.4 is 10.1 Å². The van der Waals surface area contributed by atoms with Gasteiger partial charge in [-0.2, -0.15) is 0 Å². The fourth-order valence-electron chi connectivity index (χ4n) is 2.31. The molecule has 1 unspecified atom stereocenters. The summed E-state index contributed by atoms with van der Waals surface area (Å²) in [5.41, 5.74) is 1.77. The second-order valence-corrected chi connectivity index (χ2v) is 5.64. The van der Waals surface area contributed by atoms with Crippen LogP contribution in [0, 0.1) is 13.8 Å². The first-order chi connectivity index (χ1) is 11.9. The van der Waals surface area contributed by atoms with E-state index >= 15 is 0 Å². The first-order valence-electron chi connectivity index (χ1n) is 7.97. The summed E-state index contributed by atoms with van der Waals surface area (Å²) in [5, 5.41) is 6.45. The molecular weight excluding hydrogens is 324 g/mol. The molecule has 0 aliphatic rings. The monoisotopic (exact) mass is 346 g/mol. The van der Waals surface area contributed by atoms with E-state index < -0.39 is 12.1 Å². The Labute approximate surface area is 146 Å². The van der Waals surface area contributed by atoms with Crippen molar-refractivity contribution in [1.29, 1.82) is 0 Å². The molecule has 0 aliphatic carbocycles. The lowest BCUT2D eigenvalue weighted by atomic mass is 10.1. The van der Waals surface area contributed by atoms with Crippen molar-refractivity contribution in [2.75, 3.05) is 13.7 Å². The molecule has 1 heterocycles. The summed E-state index contributed by atoms with van der Waals surface area (Å²) in [4.78, 5) is 24.2. The molecule has 1 amide bonds. The number of ether oxygens (including phenoxy) is 2. The number of carbonyl (C=O) groups excluding carboxylic acids is 2. The number of nitrogens with zero attached hydrogens (tertiary/aromatic N) is 1. The Morgan fingerprint density at radius 1 is 1.24 bits per heavy atom. The van der Waals surface area contributed by atoms with Gasteiger partial charge in [0.15, 0.2) is 6.10 Å². The molecule has 1 aromatic heterocycles. The second kappa shape index (κ2) is 8.32. The van der Waals surface area contributed by atoms with Crippen LogP contribution in [0.25, 0.3) is 0 Å². The van der Waals surface area contributed by atoms with Crippen molar-refractivity contribution < 1.29 is 23.6 Å². The summed E-state index contributed by atoms with van der Waals surface area (Å²) in [6, 6.07) is 7.61. The summed E-state index contributed by atoms with van der Waals surface area (Å²) in [6.45, 7) is 5.24. The van der Waals surface area contributed by atoms with Crippen molar-refractivity contribution in [3.05, 3.63) is 46.8 Å². The van der Waals surface area contributed by atoms with Gasteiger partial charge in [-0.1, -0.05) is 17.3 Å². The van der Waals surface area contributed by atoms with E-state index in [9.17, 15) is 9.59 Å². The SMILES string of the molecule is COc1ccc(CCNC(=O)C(C)OC(=O)c2c(C)noc2C)cc1. The zero-order chi connectivity index (χ0) is 18.4. The van der Waals surface area contributed by atoms with Crippen LogP contribution in [0.3, 0.4) is 0 Å². The highest BCUT2D eigenvalue weighted by Crippen LogP contribution is 2.14. The molecule has 2 rings (SSSR count). The maximum absolute atomic E-state index is 12.1. The van der Waals surface area contributed by atoms with Crippen molar-refractivity contribution in [2.24, 2.45) is 0 Å². The smallest absolute Gasteiger partial charge is 0.344 e.